The molecule has 1 saturated heterocycles. The van der Waals surface area contributed by atoms with Gasteiger partial charge >= 0.3 is 5.97 Å². The maximum atomic E-state index is 11.1. The zero-order valence-corrected chi connectivity index (χ0v) is 7.36. The lowest BCUT2D eigenvalue weighted by atomic mass is 10.2. The van der Waals surface area contributed by atoms with Gasteiger partial charge in [-0.2, -0.15) is 0 Å². The molecule has 0 amide bonds. The van der Waals surface area contributed by atoms with E-state index in [0.29, 0.717) is 0 Å². The third-order valence-corrected chi connectivity index (χ3v) is 2.09. The quantitative estimate of drug-likeness (QED) is 0.655. The van der Waals surface area contributed by atoms with Gasteiger partial charge in [-0.25, -0.2) is 0 Å². The van der Waals surface area contributed by atoms with Crippen molar-refractivity contribution in [2.24, 2.45) is 0 Å². The number of hydrogen-bond donors (Lipinski definition) is 1. The molecule has 0 aromatic heterocycles. The van der Waals surface area contributed by atoms with Crippen molar-refractivity contribution in [1.82, 2.24) is 5.32 Å². The fraction of sp³-hybridized carbons (Fsp3) is 0.300. The van der Waals surface area contributed by atoms with Crippen LogP contribution in [0.3, 0.4) is 0 Å². The number of ether oxygens (including phenoxy) is 1. The van der Waals surface area contributed by atoms with E-state index in [1.807, 2.05) is 30.3 Å². The van der Waals surface area contributed by atoms with E-state index < -0.39 is 0 Å². The van der Waals surface area contributed by atoms with Crippen LogP contribution in [0, 0.1) is 0 Å². The molecule has 0 bridgehead atoms. The van der Waals surface area contributed by atoms with E-state index in [1.165, 1.54) is 0 Å². The summed E-state index contributed by atoms with van der Waals surface area (Å²) in [5.74, 6) is -0.186. The molecule has 1 N–H and O–H groups in total. The fourth-order valence-electron chi connectivity index (χ4n) is 1.34. The van der Waals surface area contributed by atoms with Crippen molar-refractivity contribution in [2.75, 3.05) is 0 Å². The molecule has 1 aromatic rings. The lowest BCUT2D eigenvalue weighted by Crippen LogP contribution is -2.24. The first-order valence-corrected chi connectivity index (χ1v) is 4.29. The Morgan fingerprint density at radius 2 is 2.00 bits per heavy atom. The Labute approximate surface area is 76.7 Å². The third kappa shape index (κ3) is 1.55. The molecule has 0 spiro atoms. The van der Waals surface area contributed by atoms with Gasteiger partial charge in [0, 0.05) is 5.56 Å². The fourth-order valence-corrected chi connectivity index (χ4v) is 1.34. The zero-order valence-electron chi connectivity index (χ0n) is 7.36. The van der Waals surface area contributed by atoms with Gasteiger partial charge in [-0.15, -0.1) is 0 Å². The van der Waals surface area contributed by atoms with Crippen LogP contribution in [0.2, 0.25) is 0 Å². The number of rotatable bonds is 1. The van der Waals surface area contributed by atoms with E-state index in [1.54, 1.807) is 6.92 Å². The summed E-state index contributed by atoms with van der Waals surface area (Å²) >= 11 is 0. The monoisotopic (exact) mass is 177 g/mol. The van der Waals surface area contributed by atoms with E-state index in [0.717, 1.165) is 5.56 Å². The summed E-state index contributed by atoms with van der Waals surface area (Å²) in [7, 11) is 0. The Morgan fingerprint density at radius 3 is 2.54 bits per heavy atom. The molecule has 13 heavy (non-hydrogen) atoms. The molecule has 3 nitrogen and oxygen atoms in total. The number of hydrogen-bond acceptors (Lipinski definition) is 3. The first-order chi connectivity index (χ1) is 6.27. The number of carbonyl (C=O) groups excluding carboxylic acids is 1. The highest BCUT2D eigenvalue weighted by molar-refractivity contribution is 5.77. The van der Waals surface area contributed by atoms with Crippen LogP contribution in [0.25, 0.3) is 0 Å². The van der Waals surface area contributed by atoms with Gasteiger partial charge in [0.05, 0.1) is 0 Å². The van der Waals surface area contributed by atoms with E-state index in [9.17, 15) is 4.79 Å². The molecule has 1 fully saturated rings. The minimum atomic E-state index is -0.274. The van der Waals surface area contributed by atoms with E-state index in [2.05, 4.69) is 5.32 Å². The molecule has 68 valence electrons. The SMILES string of the molecule is CC1NC(c2ccccc2)OC1=O. The van der Waals surface area contributed by atoms with Crippen LogP contribution in [0.5, 0.6) is 0 Å². The Bertz CT molecular complexity index is 310. The number of cyclic esters (lactones) is 1. The van der Waals surface area contributed by atoms with Crippen molar-refractivity contribution in [2.45, 2.75) is 19.2 Å². The second-order valence-electron chi connectivity index (χ2n) is 3.12. The summed E-state index contributed by atoms with van der Waals surface area (Å²) in [5, 5.41) is 3.05. The molecule has 1 heterocycles. The summed E-state index contributed by atoms with van der Waals surface area (Å²) in [5.41, 5.74) is 0.986. The van der Waals surface area contributed by atoms with Crippen molar-refractivity contribution in [3.05, 3.63) is 35.9 Å². The van der Waals surface area contributed by atoms with Gasteiger partial charge in [-0.3, -0.25) is 10.1 Å². The summed E-state index contributed by atoms with van der Waals surface area (Å²) in [4.78, 5) is 11.1. The number of nitrogens with one attached hydrogen (secondary N) is 1. The zero-order chi connectivity index (χ0) is 9.26. The van der Waals surface area contributed by atoms with E-state index in [-0.39, 0.29) is 18.2 Å². The molecule has 2 atom stereocenters. The van der Waals surface area contributed by atoms with Gasteiger partial charge in [0.2, 0.25) is 0 Å². The van der Waals surface area contributed by atoms with Crippen molar-refractivity contribution < 1.29 is 9.53 Å². The molecule has 3 heteroatoms. The largest absolute Gasteiger partial charge is 0.441 e. The van der Waals surface area contributed by atoms with Crippen molar-refractivity contribution in [3.8, 4) is 0 Å². The standard InChI is InChI=1S/C10H11NO2/c1-7-10(12)13-9(11-7)8-5-3-2-4-6-8/h2-7,9,11H,1H3. The predicted octanol–water partition coefficient (Wildman–Crippen LogP) is 1.22. The molecule has 1 aromatic carbocycles. The van der Waals surface area contributed by atoms with Gasteiger partial charge in [0.1, 0.15) is 6.04 Å². The number of esters is 1. The molecular formula is C10H11NO2. The first-order valence-electron chi connectivity index (χ1n) is 4.29. The van der Waals surface area contributed by atoms with Gasteiger partial charge in [0.25, 0.3) is 0 Å². The maximum absolute atomic E-state index is 11.1. The Kier molecular flexibility index (Phi) is 2.02. The van der Waals surface area contributed by atoms with Crippen molar-refractivity contribution in [1.29, 1.82) is 0 Å². The molecule has 2 rings (SSSR count). The highest BCUT2D eigenvalue weighted by atomic mass is 16.6. The van der Waals surface area contributed by atoms with Crippen molar-refractivity contribution in [3.63, 3.8) is 0 Å². The minimum absolute atomic E-state index is 0.186. The van der Waals surface area contributed by atoms with Gasteiger partial charge < -0.3 is 4.74 Å². The first kappa shape index (κ1) is 8.26. The number of carbonyl (C=O) groups is 1. The molecule has 1 aliphatic heterocycles. The second kappa shape index (κ2) is 3.18. The average Bonchev–Trinajstić information content (AvgIpc) is 2.49. The average molecular weight is 177 g/mol. The lowest BCUT2D eigenvalue weighted by molar-refractivity contribution is -0.142. The molecule has 0 aliphatic carbocycles. The number of benzene rings is 1. The maximum Gasteiger partial charge on any atom is 0.324 e. The summed E-state index contributed by atoms with van der Waals surface area (Å²) in [6, 6.07) is 9.45. The van der Waals surface area contributed by atoms with Crippen LogP contribution in [-0.2, 0) is 9.53 Å². The minimum Gasteiger partial charge on any atom is -0.441 e. The third-order valence-electron chi connectivity index (χ3n) is 2.09. The summed E-state index contributed by atoms with van der Waals surface area (Å²) in [6.45, 7) is 1.80. The highest BCUT2D eigenvalue weighted by Crippen LogP contribution is 2.20. The van der Waals surface area contributed by atoms with Crippen LogP contribution >= 0.6 is 0 Å². The highest BCUT2D eigenvalue weighted by Gasteiger charge is 2.30. The Morgan fingerprint density at radius 1 is 1.31 bits per heavy atom. The normalized spacial score (nSPS) is 27.3. The van der Waals surface area contributed by atoms with Crippen LogP contribution in [-0.4, -0.2) is 12.0 Å². The van der Waals surface area contributed by atoms with Crippen molar-refractivity contribution >= 4 is 5.97 Å². The topological polar surface area (TPSA) is 38.3 Å². The second-order valence-corrected chi connectivity index (χ2v) is 3.12. The molecule has 0 radical (unpaired) electrons. The van der Waals surface area contributed by atoms with Gasteiger partial charge in [-0.1, -0.05) is 30.3 Å². The molecule has 0 saturated carbocycles. The van der Waals surface area contributed by atoms with E-state index in [4.69, 9.17) is 4.74 Å². The molecule has 1 aliphatic rings. The van der Waals surface area contributed by atoms with Crippen LogP contribution in [0.1, 0.15) is 18.7 Å². The van der Waals surface area contributed by atoms with Crippen LogP contribution in [0.4, 0.5) is 0 Å². The van der Waals surface area contributed by atoms with Gasteiger partial charge in [0.15, 0.2) is 6.23 Å². The Hall–Kier alpha value is -1.35. The smallest absolute Gasteiger partial charge is 0.324 e. The van der Waals surface area contributed by atoms with Gasteiger partial charge in [-0.05, 0) is 6.92 Å². The molecular weight excluding hydrogens is 166 g/mol. The summed E-state index contributed by atoms with van der Waals surface area (Å²) < 4.78 is 5.11. The molecule has 2 unspecified atom stereocenters. The van der Waals surface area contributed by atoms with Crippen LogP contribution < -0.4 is 5.32 Å². The van der Waals surface area contributed by atoms with Crippen LogP contribution in [0.15, 0.2) is 30.3 Å². The predicted molar refractivity (Wildman–Crippen MR) is 47.9 cm³/mol. The van der Waals surface area contributed by atoms with E-state index >= 15 is 0 Å². The Balaban J connectivity index is 2.17. The summed E-state index contributed by atoms with van der Waals surface area (Å²) in [6.07, 6.45) is -0.274. The lowest BCUT2D eigenvalue weighted by Gasteiger charge is -2.08.